The molecule has 13 rings (SSSR count). The second-order valence-electron chi connectivity index (χ2n) is 16.5. The quantitative estimate of drug-likeness (QED) is 0.159. The Balaban J connectivity index is 0.920. The van der Waals surface area contributed by atoms with Crippen LogP contribution < -0.4 is 4.90 Å². The van der Waals surface area contributed by atoms with E-state index in [0.29, 0.717) is 0 Å². The lowest BCUT2D eigenvalue weighted by atomic mass is 9.98. The van der Waals surface area contributed by atoms with Gasteiger partial charge in [-0.3, -0.25) is 4.57 Å². The summed E-state index contributed by atoms with van der Waals surface area (Å²) in [7, 11) is 0. The SMILES string of the molecule is c1ccc(-n2c3ccc(-c4ccc(N(c5ccc(-c6cccc7ccccc67)cc5)c5cccc(-c6ccc7c(c6)sc6ccccc67)c5)cc4)cc3c3c4ccccc4oc32)cc1. The zero-order chi connectivity index (χ0) is 42.1. The number of fused-ring (bicyclic) bond motifs is 9. The molecule has 0 amide bonds. The number of para-hydroxylation sites is 2. The van der Waals surface area contributed by atoms with Gasteiger partial charge in [0.25, 0.3) is 0 Å². The molecule has 0 aliphatic heterocycles. The van der Waals surface area contributed by atoms with Crippen molar-refractivity contribution in [1.29, 1.82) is 0 Å². The summed E-state index contributed by atoms with van der Waals surface area (Å²) in [6, 6.07) is 83.4. The molecular weight excluding hydrogens is 797 g/mol. The Labute approximate surface area is 373 Å². The molecule has 0 saturated heterocycles. The predicted molar refractivity (Wildman–Crippen MR) is 272 cm³/mol. The molecule has 0 spiro atoms. The topological polar surface area (TPSA) is 21.3 Å². The van der Waals surface area contributed by atoms with Gasteiger partial charge < -0.3 is 9.32 Å². The van der Waals surface area contributed by atoms with E-state index in [1.165, 1.54) is 58.6 Å². The number of aromatic nitrogens is 1. The molecule has 13 aromatic rings. The Bertz CT molecular complexity index is 3890. The van der Waals surface area contributed by atoms with Crippen molar-refractivity contribution in [2.45, 2.75) is 0 Å². The van der Waals surface area contributed by atoms with E-state index < -0.39 is 0 Å². The average molecular weight is 835 g/mol. The molecule has 0 radical (unpaired) electrons. The highest BCUT2D eigenvalue weighted by atomic mass is 32.1. The van der Waals surface area contributed by atoms with Crippen molar-refractivity contribution in [1.82, 2.24) is 4.57 Å². The normalized spacial score (nSPS) is 11.8. The highest BCUT2D eigenvalue weighted by Gasteiger charge is 2.21. The average Bonchev–Trinajstić information content (AvgIpc) is 4.03. The Morgan fingerprint density at radius 2 is 1.00 bits per heavy atom. The van der Waals surface area contributed by atoms with Crippen molar-refractivity contribution in [3.63, 3.8) is 0 Å². The fourth-order valence-corrected chi connectivity index (χ4v) is 10.9. The third-order valence-corrected chi connectivity index (χ3v) is 13.9. The molecular formula is C60H38N2OS. The van der Waals surface area contributed by atoms with Crippen molar-refractivity contribution >= 4 is 92.3 Å². The minimum Gasteiger partial charge on any atom is -0.439 e. The fourth-order valence-electron chi connectivity index (χ4n) is 9.75. The van der Waals surface area contributed by atoms with Crippen LogP contribution in [0.25, 0.3) is 103 Å². The number of anilines is 3. The highest BCUT2D eigenvalue weighted by molar-refractivity contribution is 7.25. The van der Waals surface area contributed by atoms with Crippen LogP contribution in [-0.4, -0.2) is 4.57 Å². The van der Waals surface area contributed by atoms with Gasteiger partial charge in [-0.1, -0.05) is 152 Å². The molecule has 300 valence electrons. The number of rotatable bonds is 7. The largest absolute Gasteiger partial charge is 0.439 e. The maximum atomic E-state index is 6.57. The molecule has 0 N–H and O–H groups in total. The van der Waals surface area contributed by atoms with Crippen molar-refractivity contribution in [2.75, 3.05) is 4.90 Å². The van der Waals surface area contributed by atoms with Crippen molar-refractivity contribution in [3.8, 4) is 39.1 Å². The lowest BCUT2D eigenvalue weighted by Crippen LogP contribution is -2.10. The molecule has 0 bridgehead atoms. The molecule has 10 aromatic carbocycles. The van der Waals surface area contributed by atoms with Crippen LogP contribution in [0.15, 0.2) is 235 Å². The van der Waals surface area contributed by atoms with Crippen molar-refractivity contribution in [3.05, 3.63) is 231 Å². The first kappa shape index (κ1) is 36.5. The standard InChI is InChI=1S/C60H38N2OS/c1-2-15-45(16-3-1)62-55-35-29-43(37-54(55)59-53-20-6-8-22-56(53)63-60(59)62)39-24-30-46(31-25-39)61(47-32-26-41(27-33-47)50-21-11-13-40-12-4-5-18-49(40)50)48-17-10-14-42(36-48)44-28-34-52-51-19-7-9-23-57(51)64-58(52)38-44/h1-38H. The van der Waals surface area contributed by atoms with Crippen LogP contribution in [-0.2, 0) is 0 Å². The summed E-state index contributed by atoms with van der Waals surface area (Å²) in [4.78, 5) is 2.38. The molecule has 0 atom stereocenters. The number of furan rings is 1. The minimum absolute atomic E-state index is 0.864. The summed E-state index contributed by atoms with van der Waals surface area (Å²) in [5.74, 6) is 0. The maximum Gasteiger partial charge on any atom is 0.213 e. The third-order valence-electron chi connectivity index (χ3n) is 12.8. The van der Waals surface area contributed by atoms with Crippen LogP contribution in [0.2, 0.25) is 0 Å². The van der Waals surface area contributed by atoms with Crippen LogP contribution in [0.1, 0.15) is 0 Å². The van der Waals surface area contributed by atoms with Gasteiger partial charge in [0.1, 0.15) is 5.58 Å². The first-order chi connectivity index (χ1) is 31.7. The first-order valence-electron chi connectivity index (χ1n) is 21.7. The van der Waals surface area contributed by atoms with E-state index in [-0.39, 0.29) is 0 Å². The van der Waals surface area contributed by atoms with Gasteiger partial charge in [0, 0.05) is 53.7 Å². The Hall–Kier alpha value is -8.18. The minimum atomic E-state index is 0.864. The zero-order valence-electron chi connectivity index (χ0n) is 34.7. The van der Waals surface area contributed by atoms with Crippen LogP contribution >= 0.6 is 11.3 Å². The molecule has 3 aromatic heterocycles. The van der Waals surface area contributed by atoms with Gasteiger partial charge in [0.2, 0.25) is 5.71 Å². The van der Waals surface area contributed by atoms with Crippen LogP contribution in [0.3, 0.4) is 0 Å². The molecule has 0 aliphatic rings. The monoisotopic (exact) mass is 834 g/mol. The van der Waals surface area contributed by atoms with Crippen molar-refractivity contribution < 1.29 is 4.42 Å². The van der Waals surface area contributed by atoms with Gasteiger partial charge in [-0.2, -0.15) is 0 Å². The summed E-state index contributed by atoms with van der Waals surface area (Å²) >= 11 is 1.86. The van der Waals surface area contributed by atoms with E-state index in [1.54, 1.807) is 0 Å². The lowest BCUT2D eigenvalue weighted by Gasteiger charge is -2.26. The number of hydrogen-bond donors (Lipinski definition) is 0. The molecule has 4 heteroatoms. The Morgan fingerprint density at radius 3 is 1.84 bits per heavy atom. The Morgan fingerprint density at radius 1 is 0.375 bits per heavy atom. The van der Waals surface area contributed by atoms with E-state index in [1.807, 2.05) is 17.4 Å². The van der Waals surface area contributed by atoms with E-state index in [0.717, 1.165) is 61.5 Å². The fraction of sp³-hybridized carbons (Fsp3) is 0. The molecule has 0 unspecified atom stereocenters. The second kappa shape index (κ2) is 14.7. The number of hydrogen-bond acceptors (Lipinski definition) is 3. The van der Waals surface area contributed by atoms with Crippen LogP contribution in [0.4, 0.5) is 17.1 Å². The smallest absolute Gasteiger partial charge is 0.213 e. The van der Waals surface area contributed by atoms with Gasteiger partial charge >= 0.3 is 0 Å². The van der Waals surface area contributed by atoms with Crippen LogP contribution in [0.5, 0.6) is 0 Å². The summed E-state index contributed by atoms with van der Waals surface area (Å²) in [6.07, 6.45) is 0. The highest BCUT2D eigenvalue weighted by Crippen LogP contribution is 2.43. The lowest BCUT2D eigenvalue weighted by molar-refractivity contribution is 0.645. The van der Waals surface area contributed by atoms with Gasteiger partial charge in [-0.15, -0.1) is 11.3 Å². The molecule has 64 heavy (non-hydrogen) atoms. The maximum absolute atomic E-state index is 6.57. The summed E-state index contributed by atoms with van der Waals surface area (Å²) in [5, 5.41) is 8.55. The van der Waals surface area contributed by atoms with E-state index in [9.17, 15) is 0 Å². The van der Waals surface area contributed by atoms with Gasteiger partial charge in [-0.05, 0) is 123 Å². The molecule has 0 fully saturated rings. The molecule has 0 saturated carbocycles. The molecule has 3 heterocycles. The second-order valence-corrected chi connectivity index (χ2v) is 17.6. The predicted octanol–water partition coefficient (Wildman–Crippen LogP) is 17.5. The zero-order valence-corrected chi connectivity index (χ0v) is 35.5. The molecule has 0 aliphatic carbocycles. The van der Waals surface area contributed by atoms with E-state index in [2.05, 4.69) is 234 Å². The van der Waals surface area contributed by atoms with Crippen LogP contribution in [0, 0.1) is 0 Å². The summed E-state index contributed by atoms with van der Waals surface area (Å²) in [6.45, 7) is 0. The van der Waals surface area contributed by atoms with E-state index in [4.69, 9.17) is 4.42 Å². The summed E-state index contributed by atoms with van der Waals surface area (Å²) < 4.78 is 11.4. The van der Waals surface area contributed by atoms with Crippen molar-refractivity contribution in [2.24, 2.45) is 0 Å². The first-order valence-corrected chi connectivity index (χ1v) is 22.6. The van der Waals surface area contributed by atoms with Gasteiger partial charge in [0.05, 0.1) is 10.9 Å². The number of benzene rings is 10. The van der Waals surface area contributed by atoms with E-state index >= 15 is 0 Å². The number of nitrogens with zero attached hydrogens (tertiary/aromatic N) is 2. The Kier molecular flexibility index (Phi) is 8.40. The summed E-state index contributed by atoms with van der Waals surface area (Å²) in [5.41, 5.74) is 14.3. The van der Waals surface area contributed by atoms with Gasteiger partial charge in [-0.25, -0.2) is 0 Å². The molecule has 3 nitrogen and oxygen atoms in total. The third kappa shape index (κ3) is 5.95. The van der Waals surface area contributed by atoms with Gasteiger partial charge in [0.15, 0.2) is 0 Å². The number of thiophene rings is 1.